The number of aromatic amines is 1. The molecule has 1 N–H and O–H groups in total. The first-order valence-electron chi connectivity index (χ1n) is 9.76. The number of rotatable bonds is 7. The van der Waals surface area contributed by atoms with E-state index in [1.807, 2.05) is 42.6 Å². The second-order valence-electron chi connectivity index (χ2n) is 6.82. The molecule has 2 aromatic carbocycles. The minimum absolute atomic E-state index is 0.121. The van der Waals surface area contributed by atoms with Crippen molar-refractivity contribution in [3.63, 3.8) is 0 Å². The van der Waals surface area contributed by atoms with Crippen LogP contribution in [0, 0.1) is 5.82 Å². The summed E-state index contributed by atoms with van der Waals surface area (Å²) in [4.78, 5) is 35.0. The molecular formula is C23H20FN3O2S2. The number of nitrogens with zero attached hydrogens (tertiary/aromatic N) is 2. The van der Waals surface area contributed by atoms with Crippen LogP contribution in [-0.4, -0.2) is 28.2 Å². The van der Waals surface area contributed by atoms with Crippen LogP contribution < -0.4 is 10.5 Å². The van der Waals surface area contributed by atoms with E-state index in [-0.39, 0.29) is 23.0 Å². The molecule has 2 aromatic heterocycles. The van der Waals surface area contributed by atoms with Crippen molar-refractivity contribution in [2.45, 2.75) is 12.7 Å². The molecular weight excluding hydrogens is 433 g/mol. The van der Waals surface area contributed by atoms with Crippen molar-refractivity contribution in [3.05, 3.63) is 82.0 Å². The summed E-state index contributed by atoms with van der Waals surface area (Å²) in [5, 5.41) is 2.53. The number of fused-ring (bicyclic) bond motifs is 1. The van der Waals surface area contributed by atoms with Crippen molar-refractivity contribution in [3.8, 4) is 11.1 Å². The van der Waals surface area contributed by atoms with Crippen molar-refractivity contribution in [1.82, 2.24) is 9.97 Å². The van der Waals surface area contributed by atoms with E-state index in [4.69, 9.17) is 0 Å². The molecule has 0 saturated heterocycles. The fourth-order valence-electron chi connectivity index (χ4n) is 3.35. The molecule has 2 heterocycles. The maximum absolute atomic E-state index is 13.5. The number of carbonyl (C=O) groups is 1. The highest BCUT2D eigenvalue weighted by molar-refractivity contribution is 7.99. The number of aromatic nitrogens is 2. The number of benzene rings is 2. The minimum atomic E-state index is -0.377. The molecule has 5 nitrogen and oxygen atoms in total. The molecule has 0 aliphatic heterocycles. The van der Waals surface area contributed by atoms with Crippen molar-refractivity contribution < 1.29 is 9.18 Å². The van der Waals surface area contributed by atoms with Gasteiger partial charge in [0.1, 0.15) is 16.5 Å². The Morgan fingerprint density at radius 2 is 2.00 bits per heavy atom. The van der Waals surface area contributed by atoms with Crippen LogP contribution in [0.25, 0.3) is 21.3 Å². The zero-order valence-corrected chi connectivity index (χ0v) is 18.4. The molecule has 158 valence electrons. The molecule has 0 spiro atoms. The molecule has 4 rings (SSSR count). The van der Waals surface area contributed by atoms with Crippen LogP contribution in [0.3, 0.4) is 0 Å². The topological polar surface area (TPSA) is 66.1 Å². The predicted molar refractivity (Wildman–Crippen MR) is 126 cm³/mol. The number of anilines is 1. The quantitative estimate of drug-likeness (QED) is 0.424. The predicted octanol–water partition coefficient (Wildman–Crippen LogP) is 5.08. The molecule has 0 aliphatic rings. The molecule has 0 aliphatic carbocycles. The Balaban J connectivity index is 1.46. The van der Waals surface area contributed by atoms with Gasteiger partial charge in [-0.1, -0.05) is 36.4 Å². The van der Waals surface area contributed by atoms with E-state index in [1.54, 1.807) is 17.0 Å². The smallest absolute Gasteiger partial charge is 0.260 e. The molecule has 4 aromatic rings. The van der Waals surface area contributed by atoms with Gasteiger partial charge in [-0.2, -0.15) is 0 Å². The molecule has 0 bridgehead atoms. The van der Waals surface area contributed by atoms with E-state index in [0.717, 1.165) is 11.1 Å². The lowest BCUT2D eigenvalue weighted by atomic mass is 10.1. The Labute approximate surface area is 187 Å². The number of hydrogen-bond donors (Lipinski definition) is 1. The lowest BCUT2D eigenvalue weighted by Crippen LogP contribution is -2.32. The lowest BCUT2D eigenvalue weighted by Gasteiger charge is -2.20. The Morgan fingerprint density at radius 3 is 2.74 bits per heavy atom. The second kappa shape index (κ2) is 9.45. The van der Waals surface area contributed by atoms with Crippen molar-refractivity contribution in [2.75, 3.05) is 17.2 Å². The SMILES string of the molecule is CCN(C(=O)CSCc1nc2scc(-c3ccccc3)c2c(=O)[nH]1)c1cccc(F)c1. The van der Waals surface area contributed by atoms with Gasteiger partial charge in [0.2, 0.25) is 5.91 Å². The summed E-state index contributed by atoms with van der Waals surface area (Å²) in [6.07, 6.45) is 0. The minimum Gasteiger partial charge on any atom is -0.312 e. The Kier molecular flexibility index (Phi) is 6.48. The lowest BCUT2D eigenvalue weighted by molar-refractivity contribution is -0.116. The molecule has 0 radical (unpaired) electrons. The third-order valence-electron chi connectivity index (χ3n) is 4.78. The molecule has 1 amide bonds. The van der Waals surface area contributed by atoms with Crippen LogP contribution in [0.2, 0.25) is 0 Å². The summed E-state index contributed by atoms with van der Waals surface area (Å²) in [7, 11) is 0. The number of H-pyrrole nitrogens is 1. The molecule has 0 atom stereocenters. The molecule has 31 heavy (non-hydrogen) atoms. The standard InChI is InChI=1S/C23H20FN3O2S2/c1-2-27(17-10-6-9-16(24)11-17)20(28)14-30-13-19-25-22(29)21-18(12-31-23(21)26-19)15-7-4-3-5-8-15/h3-12H,2,13-14H2,1H3,(H,25,26,29). The number of amides is 1. The summed E-state index contributed by atoms with van der Waals surface area (Å²) >= 11 is 2.80. The van der Waals surface area contributed by atoms with Gasteiger partial charge < -0.3 is 9.88 Å². The van der Waals surface area contributed by atoms with Crippen LogP contribution in [0.4, 0.5) is 10.1 Å². The van der Waals surface area contributed by atoms with Gasteiger partial charge in [-0.3, -0.25) is 9.59 Å². The van der Waals surface area contributed by atoms with Crippen molar-refractivity contribution in [1.29, 1.82) is 0 Å². The summed E-state index contributed by atoms with van der Waals surface area (Å²) in [5.74, 6) is 0.633. The molecule has 0 fully saturated rings. The maximum Gasteiger partial charge on any atom is 0.260 e. The van der Waals surface area contributed by atoms with Gasteiger partial charge >= 0.3 is 0 Å². The summed E-state index contributed by atoms with van der Waals surface area (Å²) in [6.45, 7) is 2.29. The number of thioether (sulfide) groups is 1. The monoisotopic (exact) mass is 453 g/mol. The molecule has 0 saturated carbocycles. The highest BCUT2D eigenvalue weighted by Gasteiger charge is 2.16. The molecule has 0 unspecified atom stereocenters. The van der Waals surface area contributed by atoms with E-state index in [0.29, 0.717) is 34.0 Å². The normalized spacial score (nSPS) is 11.0. The first-order chi connectivity index (χ1) is 15.1. The first-order valence-corrected chi connectivity index (χ1v) is 11.8. The van der Waals surface area contributed by atoms with Crippen LogP contribution in [0.5, 0.6) is 0 Å². The third kappa shape index (κ3) is 4.70. The zero-order valence-electron chi connectivity index (χ0n) is 16.8. The van der Waals surface area contributed by atoms with Gasteiger partial charge in [0, 0.05) is 23.2 Å². The van der Waals surface area contributed by atoms with Crippen LogP contribution >= 0.6 is 23.1 Å². The van der Waals surface area contributed by atoms with Gasteiger partial charge in [0.15, 0.2) is 0 Å². The van der Waals surface area contributed by atoms with Gasteiger partial charge in [-0.05, 0) is 30.7 Å². The third-order valence-corrected chi connectivity index (χ3v) is 6.58. The zero-order chi connectivity index (χ0) is 21.8. The Bertz CT molecular complexity index is 1270. The van der Waals surface area contributed by atoms with Crippen molar-refractivity contribution in [2.24, 2.45) is 0 Å². The van der Waals surface area contributed by atoms with Crippen LogP contribution in [-0.2, 0) is 10.5 Å². The number of hydrogen-bond acceptors (Lipinski definition) is 5. The summed E-state index contributed by atoms with van der Waals surface area (Å²) < 4.78 is 13.5. The maximum atomic E-state index is 13.5. The van der Waals surface area contributed by atoms with Gasteiger partial charge in [-0.15, -0.1) is 23.1 Å². The largest absolute Gasteiger partial charge is 0.312 e. The summed E-state index contributed by atoms with van der Waals surface area (Å²) in [6, 6.07) is 15.7. The number of carbonyl (C=O) groups excluding carboxylic acids is 1. The molecule has 8 heteroatoms. The van der Waals surface area contributed by atoms with E-state index < -0.39 is 0 Å². The summed E-state index contributed by atoms with van der Waals surface area (Å²) in [5.41, 5.74) is 2.21. The second-order valence-corrected chi connectivity index (χ2v) is 8.66. The highest BCUT2D eigenvalue weighted by atomic mass is 32.2. The fourth-order valence-corrected chi connectivity index (χ4v) is 5.08. The number of halogens is 1. The van der Waals surface area contributed by atoms with E-state index in [9.17, 15) is 14.0 Å². The van der Waals surface area contributed by atoms with E-state index in [2.05, 4.69) is 9.97 Å². The highest BCUT2D eigenvalue weighted by Crippen LogP contribution is 2.30. The average molecular weight is 454 g/mol. The van der Waals surface area contributed by atoms with Gasteiger partial charge in [0.25, 0.3) is 5.56 Å². The van der Waals surface area contributed by atoms with Crippen LogP contribution in [0.1, 0.15) is 12.7 Å². The van der Waals surface area contributed by atoms with E-state index >= 15 is 0 Å². The van der Waals surface area contributed by atoms with E-state index in [1.165, 1.54) is 35.2 Å². The Hall–Kier alpha value is -2.97. The number of thiophene rings is 1. The first kappa shape index (κ1) is 21.3. The van der Waals surface area contributed by atoms with Crippen LogP contribution in [0.15, 0.2) is 64.8 Å². The fraction of sp³-hybridized carbons (Fsp3) is 0.174. The van der Waals surface area contributed by atoms with Gasteiger partial charge in [-0.25, -0.2) is 9.37 Å². The van der Waals surface area contributed by atoms with Crippen molar-refractivity contribution >= 4 is 44.9 Å². The Morgan fingerprint density at radius 1 is 1.19 bits per heavy atom. The van der Waals surface area contributed by atoms with Gasteiger partial charge in [0.05, 0.1) is 16.9 Å². The average Bonchev–Trinajstić information content (AvgIpc) is 3.20. The number of nitrogens with one attached hydrogen (secondary N) is 1.